The number of nitrogens with zero attached hydrogens (tertiary/aromatic N) is 2. The van der Waals surface area contributed by atoms with Crippen molar-refractivity contribution in [1.82, 2.24) is 10.2 Å². The van der Waals surface area contributed by atoms with E-state index < -0.39 is 0 Å². The number of benzene rings is 1. The molecule has 2 rings (SSSR count). The summed E-state index contributed by atoms with van der Waals surface area (Å²) in [6.45, 7) is 4.07. The fourth-order valence-electron chi connectivity index (χ4n) is 1.56. The maximum Gasteiger partial charge on any atom is 0.286 e. The van der Waals surface area contributed by atoms with Crippen LogP contribution in [-0.4, -0.2) is 29.3 Å². The van der Waals surface area contributed by atoms with Gasteiger partial charge < -0.3 is 15.4 Å². The predicted octanol–water partition coefficient (Wildman–Crippen LogP) is 3.01. The van der Waals surface area contributed by atoms with Crippen LogP contribution in [0.4, 0.5) is 10.8 Å². The van der Waals surface area contributed by atoms with Crippen molar-refractivity contribution < 1.29 is 9.53 Å². The normalized spacial score (nSPS) is 11.8. The fourth-order valence-corrected chi connectivity index (χ4v) is 2.16. The Morgan fingerprint density at radius 3 is 2.90 bits per heavy atom. The van der Waals surface area contributed by atoms with E-state index in [2.05, 4.69) is 27.8 Å². The van der Waals surface area contributed by atoms with Gasteiger partial charge in [-0.05, 0) is 25.5 Å². The van der Waals surface area contributed by atoms with Crippen LogP contribution in [0.2, 0.25) is 0 Å². The van der Waals surface area contributed by atoms with E-state index in [9.17, 15) is 4.79 Å². The number of amides is 1. The van der Waals surface area contributed by atoms with Gasteiger partial charge in [0.25, 0.3) is 5.91 Å². The number of aromatic nitrogens is 2. The molecular formula is C14H18N4O2S. The molecule has 112 valence electrons. The van der Waals surface area contributed by atoms with E-state index in [0.29, 0.717) is 15.8 Å². The molecule has 0 bridgehead atoms. The van der Waals surface area contributed by atoms with Gasteiger partial charge in [-0.2, -0.15) is 0 Å². The molecule has 0 aliphatic rings. The Bertz CT molecular complexity index is 615. The average Bonchev–Trinajstić information content (AvgIpc) is 2.96. The summed E-state index contributed by atoms with van der Waals surface area (Å²) in [5.74, 6) is 0.449. The summed E-state index contributed by atoms with van der Waals surface area (Å²) in [6.07, 6.45) is 1.06. The molecule has 1 aromatic heterocycles. The summed E-state index contributed by atoms with van der Waals surface area (Å²) in [5.41, 5.74) is 0.669. The third kappa shape index (κ3) is 4.16. The summed E-state index contributed by atoms with van der Waals surface area (Å²) >= 11 is 1.20. The van der Waals surface area contributed by atoms with Gasteiger partial charge in [0.15, 0.2) is 0 Å². The minimum Gasteiger partial charge on any atom is -0.491 e. The molecule has 6 nitrogen and oxygen atoms in total. The number of hydrogen-bond acceptors (Lipinski definition) is 6. The summed E-state index contributed by atoms with van der Waals surface area (Å²) in [5, 5.41) is 14.2. The van der Waals surface area contributed by atoms with Gasteiger partial charge in [0.2, 0.25) is 10.1 Å². The first-order valence-electron chi connectivity index (χ1n) is 6.71. The quantitative estimate of drug-likeness (QED) is 0.858. The van der Waals surface area contributed by atoms with Gasteiger partial charge in [-0.3, -0.25) is 4.79 Å². The number of carbonyl (C=O) groups is 1. The van der Waals surface area contributed by atoms with Crippen molar-refractivity contribution in [2.75, 3.05) is 17.7 Å². The molecule has 0 saturated heterocycles. The van der Waals surface area contributed by atoms with E-state index in [1.54, 1.807) is 19.2 Å². The summed E-state index contributed by atoms with van der Waals surface area (Å²) in [4.78, 5) is 12.1. The Morgan fingerprint density at radius 1 is 1.43 bits per heavy atom. The zero-order valence-electron chi connectivity index (χ0n) is 12.2. The molecule has 0 aliphatic heterocycles. The Balaban J connectivity index is 2.05. The maximum atomic E-state index is 12.1. The molecule has 0 aliphatic carbocycles. The van der Waals surface area contributed by atoms with E-state index in [0.717, 1.165) is 12.2 Å². The van der Waals surface area contributed by atoms with E-state index >= 15 is 0 Å². The van der Waals surface area contributed by atoms with Crippen molar-refractivity contribution in [3.05, 3.63) is 29.3 Å². The number of nitrogens with one attached hydrogen (secondary N) is 2. The van der Waals surface area contributed by atoms with Gasteiger partial charge in [0.1, 0.15) is 5.75 Å². The molecule has 1 unspecified atom stereocenters. The number of anilines is 2. The van der Waals surface area contributed by atoms with Gasteiger partial charge in [-0.1, -0.05) is 24.3 Å². The van der Waals surface area contributed by atoms with Crippen molar-refractivity contribution in [2.24, 2.45) is 0 Å². The second-order valence-electron chi connectivity index (χ2n) is 4.48. The zero-order chi connectivity index (χ0) is 15.2. The summed E-state index contributed by atoms with van der Waals surface area (Å²) in [6, 6.07) is 7.31. The first kappa shape index (κ1) is 15.2. The van der Waals surface area contributed by atoms with Crippen LogP contribution in [0.5, 0.6) is 5.75 Å². The monoisotopic (exact) mass is 306 g/mol. The minimum atomic E-state index is -0.283. The molecule has 0 radical (unpaired) electrons. The Kier molecular flexibility index (Phi) is 5.10. The highest BCUT2D eigenvalue weighted by molar-refractivity contribution is 7.17. The zero-order valence-corrected chi connectivity index (χ0v) is 13.0. The van der Waals surface area contributed by atoms with Crippen LogP contribution in [-0.2, 0) is 0 Å². The van der Waals surface area contributed by atoms with Crippen LogP contribution in [0.25, 0.3) is 0 Å². The van der Waals surface area contributed by atoms with Crippen molar-refractivity contribution in [3.8, 4) is 5.75 Å². The maximum absolute atomic E-state index is 12.1. The molecule has 0 fully saturated rings. The smallest absolute Gasteiger partial charge is 0.286 e. The molecule has 2 aromatic rings. The molecule has 21 heavy (non-hydrogen) atoms. The highest BCUT2D eigenvalue weighted by atomic mass is 32.1. The molecule has 1 heterocycles. The molecule has 0 saturated carbocycles. The van der Waals surface area contributed by atoms with Crippen molar-refractivity contribution in [2.45, 2.75) is 26.4 Å². The van der Waals surface area contributed by atoms with Gasteiger partial charge in [-0.25, -0.2) is 0 Å². The number of hydrogen-bond donors (Lipinski definition) is 2. The van der Waals surface area contributed by atoms with Crippen LogP contribution < -0.4 is 15.4 Å². The summed E-state index contributed by atoms with van der Waals surface area (Å²) < 4.78 is 5.73. The van der Waals surface area contributed by atoms with Gasteiger partial charge in [0.05, 0.1) is 6.10 Å². The van der Waals surface area contributed by atoms with Crippen LogP contribution in [0.15, 0.2) is 24.3 Å². The van der Waals surface area contributed by atoms with Crippen molar-refractivity contribution in [3.63, 3.8) is 0 Å². The number of rotatable bonds is 6. The standard InChI is InChI=1S/C14H18N4O2S/c1-4-9(2)20-11-7-5-6-10(8-11)16-12(19)13-17-18-14(15-3)21-13/h5-9H,4H2,1-3H3,(H,15,18)(H,16,19). The molecule has 0 spiro atoms. The Morgan fingerprint density at radius 2 is 2.24 bits per heavy atom. The average molecular weight is 306 g/mol. The first-order valence-corrected chi connectivity index (χ1v) is 7.53. The second kappa shape index (κ2) is 7.03. The predicted molar refractivity (Wildman–Crippen MR) is 84.2 cm³/mol. The third-order valence-electron chi connectivity index (χ3n) is 2.84. The van der Waals surface area contributed by atoms with E-state index in [1.807, 2.05) is 19.1 Å². The Labute approximate surface area is 127 Å². The number of ether oxygens (including phenoxy) is 1. The molecule has 1 atom stereocenters. The Hall–Kier alpha value is -2.15. The minimum absolute atomic E-state index is 0.136. The van der Waals surface area contributed by atoms with Crippen LogP contribution in [0.1, 0.15) is 30.1 Å². The van der Waals surface area contributed by atoms with Crippen LogP contribution in [0, 0.1) is 0 Å². The SMILES string of the molecule is CCC(C)Oc1cccc(NC(=O)c2nnc(NC)s2)c1. The largest absolute Gasteiger partial charge is 0.491 e. The van der Waals surface area contributed by atoms with Crippen LogP contribution in [0.3, 0.4) is 0 Å². The molecular weight excluding hydrogens is 288 g/mol. The lowest BCUT2D eigenvalue weighted by Crippen LogP contribution is -2.12. The second-order valence-corrected chi connectivity index (χ2v) is 5.46. The van der Waals surface area contributed by atoms with Gasteiger partial charge in [0, 0.05) is 18.8 Å². The highest BCUT2D eigenvalue weighted by Gasteiger charge is 2.13. The van der Waals surface area contributed by atoms with Crippen LogP contribution >= 0.6 is 11.3 Å². The first-order chi connectivity index (χ1) is 10.1. The lowest BCUT2D eigenvalue weighted by Gasteiger charge is -2.13. The molecule has 2 N–H and O–H groups in total. The van der Waals surface area contributed by atoms with Crippen molar-refractivity contribution >= 4 is 28.1 Å². The summed E-state index contributed by atoms with van der Waals surface area (Å²) in [7, 11) is 1.73. The lowest BCUT2D eigenvalue weighted by molar-refractivity contribution is 0.102. The van der Waals surface area contributed by atoms with Gasteiger partial charge >= 0.3 is 0 Å². The lowest BCUT2D eigenvalue weighted by atomic mass is 10.2. The fraction of sp³-hybridized carbons (Fsp3) is 0.357. The highest BCUT2D eigenvalue weighted by Crippen LogP contribution is 2.21. The molecule has 7 heteroatoms. The van der Waals surface area contributed by atoms with E-state index in [4.69, 9.17) is 4.74 Å². The van der Waals surface area contributed by atoms with E-state index in [1.165, 1.54) is 11.3 Å². The topological polar surface area (TPSA) is 76.1 Å². The third-order valence-corrected chi connectivity index (χ3v) is 3.78. The molecule has 1 aromatic carbocycles. The van der Waals surface area contributed by atoms with Crippen molar-refractivity contribution in [1.29, 1.82) is 0 Å². The molecule has 1 amide bonds. The number of carbonyl (C=O) groups excluding carboxylic acids is 1. The van der Waals surface area contributed by atoms with Gasteiger partial charge in [-0.15, -0.1) is 10.2 Å². The van der Waals surface area contributed by atoms with E-state index in [-0.39, 0.29) is 12.0 Å².